The van der Waals surface area contributed by atoms with Crippen molar-refractivity contribution >= 4 is 0 Å². The number of pyridine rings is 1. The highest BCUT2D eigenvalue weighted by molar-refractivity contribution is 5.20. The molecule has 2 rings (SSSR count). The van der Waals surface area contributed by atoms with Crippen molar-refractivity contribution in [3.05, 3.63) is 65.5 Å². The fourth-order valence-corrected chi connectivity index (χ4v) is 1.97. The lowest BCUT2D eigenvalue weighted by molar-refractivity contribution is 0.522. The Labute approximate surface area is 111 Å². The zero-order valence-corrected chi connectivity index (χ0v) is 10.5. The average molecular weight is 262 g/mol. The Bertz CT molecular complexity index is 509. The van der Waals surface area contributed by atoms with Gasteiger partial charge < -0.3 is 5.73 Å². The van der Waals surface area contributed by atoms with E-state index in [1.165, 1.54) is 18.2 Å². The van der Waals surface area contributed by atoms with Gasteiger partial charge in [0.05, 0.1) is 0 Å². The maximum atomic E-state index is 13.5. The second-order valence-electron chi connectivity index (χ2n) is 4.52. The van der Waals surface area contributed by atoms with Crippen molar-refractivity contribution in [2.45, 2.75) is 25.3 Å². The Hall–Kier alpha value is -1.81. The van der Waals surface area contributed by atoms with Crippen molar-refractivity contribution in [1.29, 1.82) is 0 Å². The van der Waals surface area contributed by atoms with Crippen molar-refractivity contribution in [1.82, 2.24) is 4.98 Å². The molecule has 100 valence electrons. The first-order valence-electron chi connectivity index (χ1n) is 6.25. The van der Waals surface area contributed by atoms with Gasteiger partial charge in [-0.2, -0.15) is 0 Å². The van der Waals surface area contributed by atoms with E-state index in [-0.39, 0.29) is 18.0 Å². The van der Waals surface area contributed by atoms with Crippen molar-refractivity contribution in [2.75, 3.05) is 0 Å². The number of nitrogens with zero attached hydrogens (tertiary/aromatic N) is 1. The van der Waals surface area contributed by atoms with Crippen molar-refractivity contribution in [2.24, 2.45) is 5.73 Å². The van der Waals surface area contributed by atoms with Gasteiger partial charge in [-0.05, 0) is 43.5 Å². The molecule has 0 bridgehead atoms. The molecule has 1 aromatic heterocycles. The molecule has 0 saturated carbocycles. The molecule has 0 aliphatic carbocycles. The summed E-state index contributed by atoms with van der Waals surface area (Å²) in [7, 11) is 0. The first-order valence-corrected chi connectivity index (χ1v) is 6.25. The smallest absolute Gasteiger partial charge is 0.129 e. The minimum Gasteiger partial charge on any atom is -0.327 e. The maximum Gasteiger partial charge on any atom is 0.129 e. The van der Waals surface area contributed by atoms with Crippen LogP contribution in [-0.2, 0) is 12.8 Å². The number of aromatic nitrogens is 1. The van der Waals surface area contributed by atoms with Crippen LogP contribution >= 0.6 is 0 Å². The fraction of sp³-hybridized carbons (Fsp3) is 0.267. The SMILES string of the molecule is NC(CCc1ccccn1)Cc1c(F)cccc1F. The summed E-state index contributed by atoms with van der Waals surface area (Å²) in [6, 6.07) is 9.24. The summed E-state index contributed by atoms with van der Waals surface area (Å²) in [5, 5.41) is 0. The topological polar surface area (TPSA) is 38.9 Å². The highest BCUT2D eigenvalue weighted by Crippen LogP contribution is 2.15. The summed E-state index contributed by atoms with van der Waals surface area (Å²) in [5.41, 5.74) is 6.93. The van der Waals surface area contributed by atoms with Crippen LogP contribution < -0.4 is 5.73 Å². The van der Waals surface area contributed by atoms with Crippen LogP contribution in [-0.4, -0.2) is 11.0 Å². The molecule has 2 nitrogen and oxygen atoms in total. The zero-order valence-electron chi connectivity index (χ0n) is 10.5. The number of hydrogen-bond acceptors (Lipinski definition) is 2. The van der Waals surface area contributed by atoms with Crippen LogP contribution in [0.15, 0.2) is 42.6 Å². The third kappa shape index (κ3) is 3.83. The molecule has 0 aliphatic heterocycles. The third-order valence-corrected chi connectivity index (χ3v) is 3.03. The molecule has 1 aromatic carbocycles. The number of benzene rings is 1. The van der Waals surface area contributed by atoms with E-state index in [2.05, 4.69) is 4.98 Å². The molecule has 2 N–H and O–H groups in total. The minimum atomic E-state index is -0.534. The van der Waals surface area contributed by atoms with Gasteiger partial charge in [0.2, 0.25) is 0 Å². The fourth-order valence-electron chi connectivity index (χ4n) is 1.97. The normalized spacial score (nSPS) is 12.4. The van der Waals surface area contributed by atoms with Gasteiger partial charge in [-0.15, -0.1) is 0 Å². The van der Waals surface area contributed by atoms with Crippen LogP contribution in [0, 0.1) is 11.6 Å². The van der Waals surface area contributed by atoms with Crippen LogP contribution in [0.25, 0.3) is 0 Å². The van der Waals surface area contributed by atoms with E-state index in [9.17, 15) is 8.78 Å². The van der Waals surface area contributed by atoms with Gasteiger partial charge in [0, 0.05) is 23.5 Å². The number of nitrogens with two attached hydrogens (primary N) is 1. The lowest BCUT2D eigenvalue weighted by Crippen LogP contribution is -2.24. The second-order valence-corrected chi connectivity index (χ2v) is 4.52. The molecule has 0 spiro atoms. The summed E-state index contributed by atoms with van der Waals surface area (Å²) >= 11 is 0. The Balaban J connectivity index is 1.93. The molecule has 19 heavy (non-hydrogen) atoms. The maximum absolute atomic E-state index is 13.5. The molecule has 1 unspecified atom stereocenters. The monoisotopic (exact) mass is 262 g/mol. The summed E-state index contributed by atoms with van der Waals surface area (Å²) in [5.74, 6) is -1.07. The second kappa shape index (κ2) is 6.38. The van der Waals surface area contributed by atoms with Gasteiger partial charge >= 0.3 is 0 Å². The Morgan fingerprint density at radius 3 is 2.42 bits per heavy atom. The molecule has 2 aromatic rings. The summed E-state index contributed by atoms with van der Waals surface area (Å²) in [6.07, 6.45) is 3.27. The van der Waals surface area contributed by atoms with Crippen molar-refractivity contribution in [3.63, 3.8) is 0 Å². The van der Waals surface area contributed by atoms with Gasteiger partial charge in [-0.25, -0.2) is 8.78 Å². The van der Waals surface area contributed by atoms with Crippen LogP contribution in [0.3, 0.4) is 0 Å². The molecule has 0 fully saturated rings. The highest BCUT2D eigenvalue weighted by atomic mass is 19.1. The van der Waals surface area contributed by atoms with Crippen LogP contribution in [0.5, 0.6) is 0 Å². The zero-order chi connectivity index (χ0) is 13.7. The van der Waals surface area contributed by atoms with E-state index in [1.54, 1.807) is 6.20 Å². The summed E-state index contributed by atoms with van der Waals surface area (Å²) in [4.78, 5) is 4.19. The molecular weight excluding hydrogens is 246 g/mol. The van der Waals surface area contributed by atoms with Gasteiger partial charge in [-0.3, -0.25) is 4.98 Å². The Morgan fingerprint density at radius 1 is 1.05 bits per heavy atom. The molecule has 0 amide bonds. The number of rotatable bonds is 5. The van der Waals surface area contributed by atoms with Crippen molar-refractivity contribution < 1.29 is 8.78 Å². The van der Waals surface area contributed by atoms with Gasteiger partial charge in [-0.1, -0.05) is 12.1 Å². The van der Waals surface area contributed by atoms with E-state index >= 15 is 0 Å². The van der Waals surface area contributed by atoms with Crippen LogP contribution in [0.1, 0.15) is 17.7 Å². The molecule has 0 saturated heterocycles. The molecule has 4 heteroatoms. The average Bonchev–Trinajstić information content (AvgIpc) is 2.42. The van der Waals surface area contributed by atoms with E-state index in [1.807, 2.05) is 18.2 Å². The number of aryl methyl sites for hydroxylation is 1. The van der Waals surface area contributed by atoms with E-state index < -0.39 is 11.6 Å². The van der Waals surface area contributed by atoms with Gasteiger partial charge in [0.1, 0.15) is 11.6 Å². The summed E-state index contributed by atoms with van der Waals surface area (Å²) in [6.45, 7) is 0. The minimum absolute atomic E-state index is 0.0658. The molecule has 1 heterocycles. The van der Waals surface area contributed by atoms with Gasteiger partial charge in [0.15, 0.2) is 0 Å². The first kappa shape index (κ1) is 13.6. The lowest BCUT2D eigenvalue weighted by Gasteiger charge is -2.12. The standard InChI is InChI=1S/C15H16F2N2/c16-14-5-3-6-15(17)13(14)10-11(18)7-8-12-4-1-2-9-19-12/h1-6,9,11H,7-8,10,18H2. The summed E-state index contributed by atoms with van der Waals surface area (Å²) < 4.78 is 26.9. The van der Waals surface area contributed by atoms with Crippen LogP contribution in [0.2, 0.25) is 0 Å². The molecular formula is C15H16F2N2. The quantitative estimate of drug-likeness (QED) is 0.900. The van der Waals surface area contributed by atoms with E-state index in [4.69, 9.17) is 5.73 Å². The molecule has 0 radical (unpaired) electrons. The molecule has 1 atom stereocenters. The van der Waals surface area contributed by atoms with E-state index in [0.717, 1.165) is 5.69 Å². The van der Waals surface area contributed by atoms with E-state index in [0.29, 0.717) is 12.8 Å². The Morgan fingerprint density at radius 2 is 1.79 bits per heavy atom. The number of hydrogen-bond donors (Lipinski definition) is 1. The molecule has 0 aliphatic rings. The Kier molecular flexibility index (Phi) is 4.58. The number of halogens is 2. The first-order chi connectivity index (χ1) is 9.16. The van der Waals surface area contributed by atoms with Gasteiger partial charge in [0.25, 0.3) is 0 Å². The lowest BCUT2D eigenvalue weighted by atomic mass is 10.0. The largest absolute Gasteiger partial charge is 0.327 e. The highest BCUT2D eigenvalue weighted by Gasteiger charge is 2.12. The predicted molar refractivity (Wildman–Crippen MR) is 70.6 cm³/mol. The predicted octanol–water partition coefficient (Wildman–Crippen LogP) is 2.86. The third-order valence-electron chi connectivity index (χ3n) is 3.03. The van der Waals surface area contributed by atoms with Crippen molar-refractivity contribution in [3.8, 4) is 0 Å². The van der Waals surface area contributed by atoms with Crippen LogP contribution in [0.4, 0.5) is 8.78 Å².